The first-order valence-corrected chi connectivity index (χ1v) is 6.93. The molecule has 0 bridgehead atoms. The van der Waals surface area contributed by atoms with Crippen LogP contribution in [0.25, 0.3) is 0 Å². The maximum Gasteiger partial charge on any atom is 0.270 e. The fraction of sp³-hybridized carbons (Fsp3) is 0.600. The van der Waals surface area contributed by atoms with E-state index in [1.807, 2.05) is 11.8 Å². The van der Waals surface area contributed by atoms with Crippen LogP contribution < -0.4 is 0 Å². The summed E-state index contributed by atoms with van der Waals surface area (Å²) in [6.45, 7) is 7.75. The minimum atomic E-state index is -0.0154. The second-order valence-corrected chi connectivity index (χ2v) is 6.57. The lowest BCUT2D eigenvalue weighted by Crippen LogP contribution is -2.42. The van der Waals surface area contributed by atoms with Gasteiger partial charge in [0.15, 0.2) is 5.78 Å². The quantitative estimate of drug-likeness (QED) is 0.842. The van der Waals surface area contributed by atoms with E-state index < -0.39 is 0 Å². The molecule has 0 atom stereocenters. The van der Waals surface area contributed by atoms with Crippen LogP contribution in [0.4, 0.5) is 0 Å². The van der Waals surface area contributed by atoms with E-state index in [1.165, 1.54) is 0 Å². The first-order valence-electron chi connectivity index (χ1n) is 6.93. The van der Waals surface area contributed by atoms with E-state index in [-0.39, 0.29) is 17.1 Å². The van der Waals surface area contributed by atoms with Crippen LogP contribution in [0.1, 0.15) is 58.8 Å². The molecule has 102 valence electrons. The van der Waals surface area contributed by atoms with E-state index in [0.29, 0.717) is 12.1 Å². The van der Waals surface area contributed by atoms with Gasteiger partial charge in [0, 0.05) is 30.8 Å². The Balaban J connectivity index is 2.01. The predicted octanol–water partition coefficient (Wildman–Crippen LogP) is 2.32. The van der Waals surface area contributed by atoms with Crippen molar-refractivity contribution in [2.45, 2.75) is 40.0 Å². The summed E-state index contributed by atoms with van der Waals surface area (Å²) in [5, 5.41) is 0. The zero-order valence-corrected chi connectivity index (χ0v) is 11.8. The van der Waals surface area contributed by atoms with Gasteiger partial charge in [0.25, 0.3) is 5.91 Å². The van der Waals surface area contributed by atoms with Gasteiger partial charge in [-0.2, -0.15) is 0 Å². The van der Waals surface area contributed by atoms with Crippen molar-refractivity contribution in [2.75, 3.05) is 13.1 Å². The molecule has 19 heavy (non-hydrogen) atoms. The third-order valence-corrected chi connectivity index (χ3v) is 4.26. The van der Waals surface area contributed by atoms with Gasteiger partial charge in [-0.3, -0.25) is 9.59 Å². The van der Waals surface area contributed by atoms with E-state index in [2.05, 4.69) is 18.8 Å². The van der Waals surface area contributed by atoms with Crippen molar-refractivity contribution in [2.24, 2.45) is 5.41 Å². The average molecular weight is 260 g/mol. The van der Waals surface area contributed by atoms with Gasteiger partial charge < -0.3 is 9.88 Å². The lowest BCUT2D eigenvalue weighted by atomic mass is 9.75. The fourth-order valence-electron chi connectivity index (χ4n) is 3.12. The minimum absolute atomic E-state index is 0.0154. The Morgan fingerprint density at radius 1 is 1.26 bits per heavy atom. The molecule has 4 heteroatoms. The first-order chi connectivity index (χ1) is 8.89. The van der Waals surface area contributed by atoms with Crippen molar-refractivity contribution in [3.8, 4) is 0 Å². The molecule has 1 amide bonds. The number of carbonyl (C=O) groups is 2. The molecule has 0 aromatic carbocycles. The number of hydrogen-bond acceptors (Lipinski definition) is 2. The maximum absolute atomic E-state index is 12.3. The fourth-order valence-corrected chi connectivity index (χ4v) is 3.12. The van der Waals surface area contributed by atoms with Crippen molar-refractivity contribution in [3.63, 3.8) is 0 Å². The summed E-state index contributed by atoms with van der Waals surface area (Å²) < 4.78 is 0. The van der Waals surface area contributed by atoms with Crippen LogP contribution in [-0.4, -0.2) is 34.7 Å². The molecule has 1 aromatic heterocycles. The lowest BCUT2D eigenvalue weighted by Gasteiger charge is -2.30. The van der Waals surface area contributed by atoms with Crippen LogP contribution in [0, 0.1) is 12.3 Å². The smallest absolute Gasteiger partial charge is 0.270 e. The minimum Gasteiger partial charge on any atom is -0.354 e. The number of fused-ring (bicyclic) bond motifs is 1. The zero-order chi connectivity index (χ0) is 13.8. The van der Waals surface area contributed by atoms with Gasteiger partial charge in [-0.25, -0.2) is 0 Å². The molecule has 2 aliphatic rings. The summed E-state index contributed by atoms with van der Waals surface area (Å²) in [6.07, 6.45) is 2.48. The number of hydrogen-bond donors (Lipinski definition) is 1. The van der Waals surface area contributed by atoms with Crippen molar-refractivity contribution < 1.29 is 9.59 Å². The number of likely N-dealkylation sites (tertiary alicyclic amines) is 1. The van der Waals surface area contributed by atoms with Crippen LogP contribution in [0.2, 0.25) is 0 Å². The summed E-state index contributed by atoms with van der Waals surface area (Å²) in [6, 6.07) is 0. The van der Waals surface area contributed by atoms with Crippen molar-refractivity contribution >= 4 is 11.7 Å². The van der Waals surface area contributed by atoms with E-state index in [0.717, 1.165) is 42.8 Å². The largest absolute Gasteiger partial charge is 0.354 e. The number of nitrogens with zero attached hydrogens (tertiary/aromatic N) is 1. The molecule has 1 N–H and O–H groups in total. The van der Waals surface area contributed by atoms with Gasteiger partial charge >= 0.3 is 0 Å². The third kappa shape index (κ3) is 1.90. The Morgan fingerprint density at radius 3 is 2.53 bits per heavy atom. The number of rotatable bonds is 1. The Labute approximate surface area is 113 Å². The molecule has 1 saturated heterocycles. The standard InChI is InChI=1S/C15H20N2O2/c1-9-12-10(7-15(2,3)8-11(12)18)16-13(9)14(19)17-5-4-6-17/h16H,4-8H2,1-3H3. The van der Waals surface area contributed by atoms with E-state index in [1.54, 1.807) is 0 Å². The molecule has 0 spiro atoms. The molecule has 0 unspecified atom stereocenters. The van der Waals surface area contributed by atoms with Crippen LogP contribution in [-0.2, 0) is 6.42 Å². The number of aromatic amines is 1. The second-order valence-electron chi connectivity index (χ2n) is 6.57. The van der Waals surface area contributed by atoms with Crippen molar-refractivity contribution in [3.05, 3.63) is 22.5 Å². The number of aromatic nitrogens is 1. The number of nitrogens with one attached hydrogen (secondary N) is 1. The van der Waals surface area contributed by atoms with Crippen molar-refractivity contribution in [1.82, 2.24) is 9.88 Å². The van der Waals surface area contributed by atoms with Gasteiger partial charge in [0.2, 0.25) is 0 Å². The number of Topliss-reactive ketones (excluding diaryl/α,β-unsaturated/α-hetero) is 1. The Bertz CT molecular complexity index is 565. The highest BCUT2D eigenvalue weighted by molar-refractivity contribution is 6.04. The molecule has 1 aliphatic carbocycles. The molecule has 1 aromatic rings. The first kappa shape index (κ1) is 12.5. The number of ketones is 1. The molecule has 1 aliphatic heterocycles. The second kappa shape index (κ2) is 3.95. The van der Waals surface area contributed by atoms with Crippen molar-refractivity contribution in [1.29, 1.82) is 0 Å². The monoisotopic (exact) mass is 260 g/mol. The SMILES string of the molecule is Cc1c(C(=O)N2CCC2)[nH]c2c1C(=O)CC(C)(C)C2. The van der Waals surface area contributed by atoms with Gasteiger partial charge in [0.05, 0.1) is 0 Å². The van der Waals surface area contributed by atoms with Gasteiger partial charge in [0.1, 0.15) is 5.69 Å². The molecule has 0 saturated carbocycles. The third-order valence-electron chi connectivity index (χ3n) is 4.26. The Hall–Kier alpha value is -1.58. The lowest BCUT2D eigenvalue weighted by molar-refractivity contribution is 0.0645. The van der Waals surface area contributed by atoms with E-state index in [9.17, 15) is 9.59 Å². The van der Waals surface area contributed by atoms with E-state index in [4.69, 9.17) is 0 Å². The van der Waals surface area contributed by atoms with Crippen LogP contribution in [0.5, 0.6) is 0 Å². The molecular formula is C15H20N2O2. The van der Waals surface area contributed by atoms with E-state index >= 15 is 0 Å². The molecule has 1 fully saturated rings. The maximum atomic E-state index is 12.3. The zero-order valence-electron chi connectivity index (χ0n) is 11.8. The highest BCUT2D eigenvalue weighted by atomic mass is 16.2. The number of H-pyrrole nitrogens is 1. The number of amides is 1. The normalized spacial score (nSPS) is 21.0. The Kier molecular flexibility index (Phi) is 2.59. The summed E-state index contributed by atoms with van der Waals surface area (Å²) in [5.41, 5.74) is 3.16. The predicted molar refractivity (Wildman–Crippen MR) is 72.5 cm³/mol. The van der Waals surface area contributed by atoms with Gasteiger partial charge in [-0.1, -0.05) is 13.8 Å². The topological polar surface area (TPSA) is 53.2 Å². The van der Waals surface area contributed by atoms with Gasteiger partial charge in [-0.15, -0.1) is 0 Å². The highest BCUT2D eigenvalue weighted by Gasteiger charge is 2.36. The summed E-state index contributed by atoms with van der Waals surface area (Å²) in [5.74, 6) is 0.214. The molecule has 2 heterocycles. The summed E-state index contributed by atoms with van der Waals surface area (Å²) in [4.78, 5) is 29.6. The molecular weight excluding hydrogens is 240 g/mol. The summed E-state index contributed by atoms with van der Waals surface area (Å²) >= 11 is 0. The Morgan fingerprint density at radius 2 is 1.95 bits per heavy atom. The number of carbonyl (C=O) groups excluding carboxylic acids is 2. The van der Waals surface area contributed by atoms with Crippen LogP contribution >= 0.6 is 0 Å². The molecule has 3 rings (SSSR count). The highest BCUT2D eigenvalue weighted by Crippen LogP contribution is 2.37. The van der Waals surface area contributed by atoms with Crippen LogP contribution in [0.3, 0.4) is 0 Å². The molecule has 0 radical (unpaired) electrons. The average Bonchev–Trinajstić information content (AvgIpc) is 2.50. The van der Waals surface area contributed by atoms with Crippen LogP contribution in [0.15, 0.2) is 0 Å². The molecule has 4 nitrogen and oxygen atoms in total. The summed E-state index contributed by atoms with van der Waals surface area (Å²) in [7, 11) is 0. The van der Waals surface area contributed by atoms with Gasteiger partial charge in [-0.05, 0) is 30.7 Å².